The minimum atomic E-state index is -0.705. The minimum Gasteiger partial charge on any atom is -0.462 e. The molecule has 0 atom stereocenters. The van der Waals surface area contributed by atoms with E-state index in [0.717, 1.165) is 5.56 Å². The molecule has 23 heavy (non-hydrogen) atoms. The van der Waals surface area contributed by atoms with Gasteiger partial charge in [-0.05, 0) is 39.0 Å². The maximum atomic E-state index is 13.2. The van der Waals surface area contributed by atoms with Crippen LogP contribution in [0.25, 0.3) is 0 Å². The quantitative estimate of drug-likeness (QED) is 0.799. The van der Waals surface area contributed by atoms with E-state index in [2.05, 4.69) is 5.32 Å². The molecule has 0 unspecified atom stereocenters. The smallest absolute Gasteiger partial charge is 0.317 e. The van der Waals surface area contributed by atoms with E-state index < -0.39 is 5.79 Å². The second-order valence-corrected chi connectivity index (χ2v) is 7.22. The van der Waals surface area contributed by atoms with Crippen molar-refractivity contribution >= 4 is 6.03 Å². The minimum absolute atomic E-state index is 0.0642. The maximum absolute atomic E-state index is 13.2. The van der Waals surface area contributed by atoms with Crippen LogP contribution in [0, 0.1) is 5.82 Å². The van der Waals surface area contributed by atoms with Crippen LogP contribution in [0.1, 0.15) is 39.2 Å². The van der Waals surface area contributed by atoms with Crippen molar-refractivity contribution in [3.05, 3.63) is 29.6 Å². The number of nitrogens with one attached hydrogen (secondary N) is 1. The summed E-state index contributed by atoms with van der Waals surface area (Å²) in [4.78, 5) is 14.0. The number of likely N-dealkylation sites (tertiary alicyclic amines) is 1. The molecular weight excluding hydrogens is 299 g/mol. The summed E-state index contributed by atoms with van der Waals surface area (Å²) in [5, 5.41) is 2.97. The van der Waals surface area contributed by atoms with Gasteiger partial charge in [0, 0.05) is 37.0 Å². The van der Waals surface area contributed by atoms with Gasteiger partial charge in [0.15, 0.2) is 0 Å². The zero-order valence-corrected chi connectivity index (χ0v) is 13.8. The molecule has 1 spiro atoms. The number of carbonyl (C=O) groups is 1. The van der Waals surface area contributed by atoms with Crippen molar-refractivity contribution in [1.29, 1.82) is 0 Å². The lowest BCUT2D eigenvalue weighted by Gasteiger charge is -2.44. The third-order valence-electron chi connectivity index (χ3n) is 4.10. The van der Waals surface area contributed by atoms with Crippen LogP contribution < -0.4 is 10.1 Å². The Hall–Kier alpha value is -1.82. The third kappa shape index (κ3) is 3.58. The number of fused-ring (bicyclic) bond motifs is 1. The molecule has 2 amide bonds. The summed E-state index contributed by atoms with van der Waals surface area (Å²) in [6.07, 6.45) is 1.20. The van der Waals surface area contributed by atoms with Gasteiger partial charge in [-0.3, -0.25) is 0 Å². The van der Waals surface area contributed by atoms with Crippen molar-refractivity contribution in [2.45, 2.75) is 51.5 Å². The normalized spacial score (nSPS) is 19.9. The molecule has 1 saturated heterocycles. The first-order valence-corrected chi connectivity index (χ1v) is 7.95. The molecule has 0 aromatic heterocycles. The molecule has 2 heterocycles. The number of piperidine rings is 1. The molecule has 1 aromatic rings. The Bertz CT molecular complexity index is 604. The topological polar surface area (TPSA) is 50.8 Å². The molecule has 5 nitrogen and oxygen atoms in total. The summed E-state index contributed by atoms with van der Waals surface area (Å²) >= 11 is 0. The van der Waals surface area contributed by atoms with E-state index in [-0.39, 0.29) is 17.4 Å². The molecule has 0 radical (unpaired) electrons. The van der Waals surface area contributed by atoms with Gasteiger partial charge in [0.05, 0.1) is 6.61 Å². The standard InChI is InChI=1S/C17H23FN2O3/c1-16(2,3)19-15(21)20-8-6-17(7-9-20)22-11-12-10-13(18)4-5-14(12)23-17/h4-5,10H,6-9,11H2,1-3H3,(H,19,21). The zero-order chi connectivity index (χ0) is 16.7. The molecule has 1 N–H and O–H groups in total. The molecule has 0 saturated carbocycles. The number of urea groups is 1. The highest BCUT2D eigenvalue weighted by atomic mass is 19.1. The number of ether oxygens (including phenoxy) is 2. The molecule has 1 aromatic carbocycles. The van der Waals surface area contributed by atoms with Gasteiger partial charge < -0.3 is 19.7 Å². The Morgan fingerprint density at radius 3 is 2.65 bits per heavy atom. The Kier molecular flexibility index (Phi) is 3.96. The van der Waals surface area contributed by atoms with Gasteiger partial charge in [0.1, 0.15) is 11.6 Å². The average Bonchev–Trinajstić information content (AvgIpc) is 2.47. The Morgan fingerprint density at radius 2 is 2.00 bits per heavy atom. The molecule has 126 valence electrons. The number of hydrogen-bond acceptors (Lipinski definition) is 3. The number of rotatable bonds is 0. The SMILES string of the molecule is CC(C)(C)NC(=O)N1CCC2(CC1)OCc1cc(F)ccc1O2. The first kappa shape index (κ1) is 16.1. The van der Waals surface area contributed by atoms with E-state index in [9.17, 15) is 9.18 Å². The lowest BCUT2D eigenvalue weighted by Crippen LogP contribution is -2.56. The summed E-state index contributed by atoms with van der Waals surface area (Å²) in [6, 6.07) is 4.41. The van der Waals surface area contributed by atoms with Gasteiger partial charge in [-0.15, -0.1) is 0 Å². The van der Waals surface area contributed by atoms with Crippen LogP contribution in [0.2, 0.25) is 0 Å². The van der Waals surface area contributed by atoms with Gasteiger partial charge in [-0.25, -0.2) is 9.18 Å². The molecule has 0 aliphatic carbocycles. The fraction of sp³-hybridized carbons (Fsp3) is 0.588. The molecule has 3 rings (SSSR count). The molecule has 2 aliphatic rings. The maximum Gasteiger partial charge on any atom is 0.317 e. The molecule has 2 aliphatic heterocycles. The van der Waals surface area contributed by atoms with E-state index in [1.165, 1.54) is 12.1 Å². The summed E-state index contributed by atoms with van der Waals surface area (Å²) in [6.45, 7) is 7.34. The Labute approximate surface area is 135 Å². The fourth-order valence-electron chi connectivity index (χ4n) is 2.90. The average molecular weight is 322 g/mol. The van der Waals surface area contributed by atoms with Gasteiger partial charge in [0.25, 0.3) is 0 Å². The number of carbonyl (C=O) groups excluding carboxylic acids is 1. The Balaban J connectivity index is 1.63. The zero-order valence-electron chi connectivity index (χ0n) is 13.8. The monoisotopic (exact) mass is 322 g/mol. The van der Waals surface area contributed by atoms with Crippen LogP contribution in [0.15, 0.2) is 18.2 Å². The highest BCUT2D eigenvalue weighted by Crippen LogP contribution is 2.37. The predicted molar refractivity (Wildman–Crippen MR) is 83.6 cm³/mol. The predicted octanol–water partition coefficient (Wildman–Crippen LogP) is 3.03. The first-order chi connectivity index (χ1) is 10.8. The van der Waals surface area contributed by atoms with E-state index in [1.807, 2.05) is 20.8 Å². The van der Waals surface area contributed by atoms with Crippen molar-refractivity contribution in [3.8, 4) is 5.75 Å². The van der Waals surface area contributed by atoms with Crippen molar-refractivity contribution < 1.29 is 18.7 Å². The van der Waals surface area contributed by atoms with Crippen LogP contribution in [-0.2, 0) is 11.3 Å². The number of benzene rings is 1. The van der Waals surface area contributed by atoms with Gasteiger partial charge in [-0.2, -0.15) is 0 Å². The van der Waals surface area contributed by atoms with Gasteiger partial charge in [0.2, 0.25) is 5.79 Å². The highest BCUT2D eigenvalue weighted by Gasteiger charge is 2.42. The molecule has 1 fully saturated rings. The van der Waals surface area contributed by atoms with E-state index in [0.29, 0.717) is 38.3 Å². The van der Waals surface area contributed by atoms with Crippen LogP contribution in [0.5, 0.6) is 5.75 Å². The molecule has 6 heteroatoms. The van der Waals surface area contributed by atoms with Crippen LogP contribution in [0.4, 0.5) is 9.18 Å². The lowest BCUT2D eigenvalue weighted by molar-refractivity contribution is -0.225. The first-order valence-electron chi connectivity index (χ1n) is 7.95. The Morgan fingerprint density at radius 1 is 1.30 bits per heavy atom. The number of halogens is 1. The lowest BCUT2D eigenvalue weighted by atomic mass is 10.0. The third-order valence-corrected chi connectivity index (χ3v) is 4.10. The van der Waals surface area contributed by atoms with E-state index in [4.69, 9.17) is 9.47 Å². The second kappa shape index (κ2) is 5.67. The summed E-state index contributed by atoms with van der Waals surface area (Å²) in [5.41, 5.74) is 0.469. The van der Waals surface area contributed by atoms with Gasteiger partial charge >= 0.3 is 6.03 Å². The number of hydrogen-bond donors (Lipinski definition) is 1. The van der Waals surface area contributed by atoms with Crippen LogP contribution >= 0.6 is 0 Å². The van der Waals surface area contributed by atoms with Crippen molar-refractivity contribution in [2.24, 2.45) is 0 Å². The second-order valence-electron chi connectivity index (χ2n) is 7.22. The van der Waals surface area contributed by atoms with Crippen molar-refractivity contribution in [3.63, 3.8) is 0 Å². The summed E-state index contributed by atoms with van der Waals surface area (Å²) < 4.78 is 25.1. The van der Waals surface area contributed by atoms with Crippen LogP contribution in [0.3, 0.4) is 0 Å². The number of amides is 2. The van der Waals surface area contributed by atoms with Crippen molar-refractivity contribution in [2.75, 3.05) is 13.1 Å². The molecule has 0 bridgehead atoms. The largest absolute Gasteiger partial charge is 0.462 e. The highest BCUT2D eigenvalue weighted by molar-refractivity contribution is 5.75. The number of nitrogens with zero attached hydrogens (tertiary/aromatic N) is 1. The molecular formula is C17H23FN2O3. The van der Waals surface area contributed by atoms with Crippen molar-refractivity contribution in [1.82, 2.24) is 10.2 Å². The van der Waals surface area contributed by atoms with Gasteiger partial charge in [-0.1, -0.05) is 0 Å². The summed E-state index contributed by atoms with van der Waals surface area (Å²) in [5.74, 6) is -0.325. The fourth-order valence-corrected chi connectivity index (χ4v) is 2.90. The van der Waals surface area contributed by atoms with E-state index >= 15 is 0 Å². The van der Waals surface area contributed by atoms with Crippen LogP contribution in [-0.4, -0.2) is 35.3 Å². The van der Waals surface area contributed by atoms with E-state index in [1.54, 1.807) is 11.0 Å². The summed E-state index contributed by atoms with van der Waals surface area (Å²) in [7, 11) is 0.